The van der Waals surface area contributed by atoms with Gasteiger partial charge in [0, 0.05) is 12.0 Å². The number of fused-ring (bicyclic) bond motifs is 1. The molecule has 0 radical (unpaired) electrons. The van der Waals surface area contributed by atoms with E-state index in [4.69, 9.17) is 9.47 Å². The number of likely N-dealkylation sites (N-methyl/N-ethyl adjacent to an activating group) is 1. The molecular formula is C30H39N2O5+. The first-order valence-corrected chi connectivity index (χ1v) is 13.5. The molecule has 0 spiro atoms. The monoisotopic (exact) mass is 507 g/mol. The molecule has 0 unspecified atom stereocenters. The molecular weight excluding hydrogens is 468 g/mol. The summed E-state index contributed by atoms with van der Waals surface area (Å²) in [5.74, 6) is 0.174. The Balaban J connectivity index is 1.72. The molecule has 0 bridgehead atoms. The highest BCUT2D eigenvalue weighted by atomic mass is 16.5. The predicted molar refractivity (Wildman–Crippen MR) is 143 cm³/mol. The Morgan fingerprint density at radius 1 is 1.11 bits per heavy atom. The Morgan fingerprint density at radius 2 is 1.84 bits per heavy atom. The van der Waals surface area contributed by atoms with Gasteiger partial charge in [0.1, 0.15) is 23.4 Å². The number of hydrogen-bond acceptors (Lipinski definition) is 5. The van der Waals surface area contributed by atoms with Gasteiger partial charge in [-0.2, -0.15) is 0 Å². The third-order valence-electron chi connectivity index (χ3n) is 7.38. The molecule has 2 aliphatic heterocycles. The lowest BCUT2D eigenvalue weighted by molar-refractivity contribution is -0.895. The number of quaternary nitrogens is 1. The van der Waals surface area contributed by atoms with Gasteiger partial charge in [0.2, 0.25) is 0 Å². The van der Waals surface area contributed by atoms with Gasteiger partial charge in [-0.1, -0.05) is 25.5 Å². The van der Waals surface area contributed by atoms with Crippen molar-refractivity contribution >= 4 is 17.4 Å². The number of hydrogen-bond donors (Lipinski definition) is 2. The molecule has 2 N–H and O–H groups in total. The van der Waals surface area contributed by atoms with Gasteiger partial charge in [0.15, 0.2) is 0 Å². The molecule has 2 aromatic rings. The van der Waals surface area contributed by atoms with Crippen LogP contribution in [0, 0.1) is 0 Å². The number of likely N-dealkylation sites (tertiary alicyclic amines) is 1. The average molecular weight is 508 g/mol. The summed E-state index contributed by atoms with van der Waals surface area (Å²) in [5.41, 5.74) is 2.41. The Labute approximate surface area is 219 Å². The molecule has 2 heterocycles. The van der Waals surface area contributed by atoms with Crippen LogP contribution in [0.2, 0.25) is 0 Å². The summed E-state index contributed by atoms with van der Waals surface area (Å²) in [7, 11) is 0. The van der Waals surface area contributed by atoms with Crippen molar-refractivity contribution in [2.45, 2.75) is 59.1 Å². The number of nitrogens with one attached hydrogen (secondary N) is 1. The Morgan fingerprint density at radius 3 is 2.51 bits per heavy atom. The van der Waals surface area contributed by atoms with Crippen molar-refractivity contribution in [1.82, 2.24) is 4.90 Å². The number of nitrogens with zero attached hydrogens (tertiary/aromatic N) is 1. The molecule has 7 nitrogen and oxygen atoms in total. The van der Waals surface area contributed by atoms with E-state index in [2.05, 4.69) is 20.8 Å². The van der Waals surface area contributed by atoms with E-state index in [0.29, 0.717) is 18.7 Å². The molecule has 1 saturated heterocycles. The normalized spacial score (nSPS) is 20.4. The van der Waals surface area contributed by atoms with Gasteiger partial charge < -0.3 is 24.4 Å². The van der Waals surface area contributed by atoms with Gasteiger partial charge in [0.05, 0.1) is 44.4 Å². The van der Waals surface area contributed by atoms with Gasteiger partial charge in [-0.25, -0.2) is 0 Å². The van der Waals surface area contributed by atoms with Gasteiger partial charge in [-0.3, -0.25) is 9.59 Å². The summed E-state index contributed by atoms with van der Waals surface area (Å²) in [5, 5.41) is 11.4. The molecule has 1 fully saturated rings. The lowest BCUT2D eigenvalue weighted by Gasteiger charge is -2.27. The van der Waals surface area contributed by atoms with Crippen molar-refractivity contribution in [1.29, 1.82) is 0 Å². The smallest absolute Gasteiger partial charge is 0.295 e. The molecule has 4 rings (SSSR count). The van der Waals surface area contributed by atoms with E-state index in [0.717, 1.165) is 61.5 Å². The standard InChI is InChI=1S/C30H38N2O5/c1-5-8-17-36-24-12-9-21(10-13-24)27-26(29(34)30(35)32(27)16-15-31(6-2)7-3)28(33)22-11-14-25-23(19-22)18-20(4)37-25/h9-14,19-20,27,33H,5-8,15-18H2,1-4H3/p+1/t20-,27+/m1/s1. The zero-order valence-corrected chi connectivity index (χ0v) is 22.4. The lowest BCUT2D eigenvalue weighted by Crippen LogP contribution is -3.12. The fraction of sp³-hybridized carbons (Fsp3) is 0.467. The average Bonchev–Trinajstić information content (AvgIpc) is 3.40. The van der Waals surface area contributed by atoms with E-state index in [1.165, 1.54) is 4.90 Å². The Hall–Kier alpha value is -3.32. The molecule has 2 atom stereocenters. The van der Waals surface area contributed by atoms with Crippen molar-refractivity contribution in [3.8, 4) is 11.5 Å². The highest BCUT2D eigenvalue weighted by Gasteiger charge is 2.46. The number of benzene rings is 2. The van der Waals surface area contributed by atoms with Crippen LogP contribution >= 0.6 is 0 Å². The van der Waals surface area contributed by atoms with E-state index in [1.54, 1.807) is 11.0 Å². The quantitative estimate of drug-likeness (QED) is 0.211. The number of rotatable bonds is 11. The minimum atomic E-state index is -0.664. The fourth-order valence-electron chi connectivity index (χ4n) is 5.14. The number of aliphatic hydroxyl groups is 1. The third-order valence-corrected chi connectivity index (χ3v) is 7.38. The van der Waals surface area contributed by atoms with Crippen molar-refractivity contribution in [2.75, 3.05) is 32.8 Å². The highest BCUT2D eigenvalue weighted by molar-refractivity contribution is 6.46. The first-order valence-electron chi connectivity index (χ1n) is 13.5. The van der Waals surface area contributed by atoms with Crippen LogP contribution in [0.15, 0.2) is 48.0 Å². The molecule has 7 heteroatoms. The van der Waals surface area contributed by atoms with Crippen LogP contribution in [0.3, 0.4) is 0 Å². The number of ketones is 1. The number of carbonyl (C=O) groups excluding carboxylic acids is 2. The van der Waals surface area contributed by atoms with Crippen molar-refractivity contribution in [3.63, 3.8) is 0 Å². The molecule has 37 heavy (non-hydrogen) atoms. The minimum absolute atomic E-state index is 0.0682. The second-order valence-electron chi connectivity index (χ2n) is 9.93. The summed E-state index contributed by atoms with van der Waals surface area (Å²) in [6, 6.07) is 12.3. The molecule has 0 aromatic heterocycles. The number of ether oxygens (including phenoxy) is 2. The maximum atomic E-state index is 13.4. The molecule has 2 aromatic carbocycles. The van der Waals surface area contributed by atoms with Crippen LogP contribution < -0.4 is 14.4 Å². The first kappa shape index (κ1) is 26.7. The summed E-state index contributed by atoms with van der Waals surface area (Å²) < 4.78 is 11.6. The Kier molecular flexibility index (Phi) is 8.54. The number of unbranched alkanes of at least 4 members (excludes halogenated alkanes) is 1. The predicted octanol–water partition coefficient (Wildman–Crippen LogP) is 3.54. The van der Waals surface area contributed by atoms with Gasteiger partial charge in [0.25, 0.3) is 11.7 Å². The van der Waals surface area contributed by atoms with Crippen LogP contribution in [0.5, 0.6) is 11.5 Å². The van der Waals surface area contributed by atoms with Crippen LogP contribution in [0.1, 0.15) is 63.3 Å². The summed E-state index contributed by atoms with van der Waals surface area (Å²) in [6.07, 6.45) is 2.83. The maximum Gasteiger partial charge on any atom is 0.295 e. The second-order valence-corrected chi connectivity index (χ2v) is 9.93. The first-order chi connectivity index (χ1) is 17.9. The lowest BCUT2D eigenvalue weighted by atomic mass is 9.94. The zero-order chi connectivity index (χ0) is 26.5. The van der Waals surface area contributed by atoms with Gasteiger partial charge >= 0.3 is 0 Å². The Bertz CT molecular complexity index is 1150. The van der Waals surface area contributed by atoms with Crippen LogP contribution in [0.25, 0.3) is 5.76 Å². The van der Waals surface area contributed by atoms with Crippen LogP contribution in [-0.2, 0) is 16.0 Å². The SMILES string of the molecule is CCCCOc1ccc([C@H]2C(=C(O)c3ccc4c(c3)C[C@@H](C)O4)C(=O)C(=O)N2CC[NH+](CC)CC)cc1. The van der Waals surface area contributed by atoms with E-state index < -0.39 is 17.7 Å². The summed E-state index contributed by atoms with van der Waals surface area (Å²) in [4.78, 5) is 29.6. The van der Waals surface area contributed by atoms with E-state index in [-0.39, 0.29) is 17.4 Å². The number of aliphatic hydroxyl groups excluding tert-OH is 1. The molecule has 198 valence electrons. The van der Waals surface area contributed by atoms with E-state index in [9.17, 15) is 14.7 Å². The van der Waals surface area contributed by atoms with Crippen molar-refractivity contribution in [2.24, 2.45) is 0 Å². The summed E-state index contributed by atoms with van der Waals surface area (Å²) >= 11 is 0. The van der Waals surface area contributed by atoms with Gasteiger partial charge in [-0.05, 0) is 68.7 Å². The summed E-state index contributed by atoms with van der Waals surface area (Å²) in [6.45, 7) is 12.0. The maximum absolute atomic E-state index is 13.4. The molecule has 0 aliphatic carbocycles. The fourth-order valence-corrected chi connectivity index (χ4v) is 5.14. The largest absolute Gasteiger partial charge is 0.507 e. The molecule has 2 aliphatic rings. The topological polar surface area (TPSA) is 80.5 Å². The second kappa shape index (κ2) is 11.8. The number of carbonyl (C=O) groups is 2. The van der Waals surface area contributed by atoms with E-state index in [1.807, 2.05) is 43.3 Å². The number of amides is 1. The van der Waals surface area contributed by atoms with Crippen molar-refractivity contribution < 1.29 is 29.1 Å². The van der Waals surface area contributed by atoms with Crippen LogP contribution in [0.4, 0.5) is 0 Å². The van der Waals surface area contributed by atoms with Crippen molar-refractivity contribution in [3.05, 3.63) is 64.7 Å². The van der Waals surface area contributed by atoms with Crippen LogP contribution in [-0.4, -0.2) is 60.6 Å². The molecule has 1 amide bonds. The molecule has 0 saturated carbocycles. The highest BCUT2D eigenvalue weighted by Crippen LogP contribution is 2.40. The number of Topliss-reactive ketones (excluding diaryl/α,β-unsaturated/α-hetero) is 1. The third kappa shape index (κ3) is 5.67. The van der Waals surface area contributed by atoms with E-state index >= 15 is 0 Å². The zero-order valence-electron chi connectivity index (χ0n) is 22.4. The van der Waals surface area contributed by atoms with Gasteiger partial charge in [-0.15, -0.1) is 0 Å². The minimum Gasteiger partial charge on any atom is -0.507 e.